The van der Waals surface area contributed by atoms with Crippen LogP contribution < -0.4 is 5.56 Å². The molecule has 1 saturated heterocycles. The first kappa shape index (κ1) is 19.5. The summed E-state index contributed by atoms with van der Waals surface area (Å²) in [6.07, 6.45) is 6.40. The van der Waals surface area contributed by atoms with Gasteiger partial charge in [-0.2, -0.15) is 0 Å². The van der Waals surface area contributed by atoms with E-state index >= 15 is 0 Å². The fourth-order valence-corrected chi connectivity index (χ4v) is 5.76. The quantitative estimate of drug-likeness (QED) is 0.573. The van der Waals surface area contributed by atoms with Gasteiger partial charge in [-0.15, -0.1) is 0 Å². The van der Waals surface area contributed by atoms with E-state index in [9.17, 15) is 9.59 Å². The number of hydrogen-bond donors (Lipinski definition) is 0. The van der Waals surface area contributed by atoms with E-state index in [4.69, 9.17) is 4.98 Å². The second-order valence-corrected chi connectivity index (χ2v) is 9.34. The minimum Gasteiger partial charge on any atom is -0.342 e. The number of likely N-dealkylation sites (tertiary alicyclic amines) is 1. The third kappa shape index (κ3) is 3.84. The molecule has 0 unspecified atom stereocenters. The van der Waals surface area contributed by atoms with Crippen LogP contribution in [0, 0.1) is 11.8 Å². The van der Waals surface area contributed by atoms with Crippen LogP contribution in [0.5, 0.6) is 0 Å². The Morgan fingerprint density at radius 2 is 1.93 bits per heavy atom. The molecular weight excluding hydrogens is 370 g/mol. The van der Waals surface area contributed by atoms with Gasteiger partial charge in [-0.25, -0.2) is 4.98 Å². The largest absolute Gasteiger partial charge is 0.342 e. The molecule has 1 saturated carbocycles. The maximum Gasteiger partial charge on any atom is 0.262 e. The number of carbonyl (C=O) groups is 1. The van der Waals surface area contributed by atoms with Crippen LogP contribution in [0.4, 0.5) is 0 Å². The molecule has 1 aromatic carbocycles. The number of carbonyl (C=O) groups excluding carboxylic acids is 1. The van der Waals surface area contributed by atoms with Gasteiger partial charge in [0.2, 0.25) is 5.91 Å². The van der Waals surface area contributed by atoms with Crippen LogP contribution in [0.3, 0.4) is 0 Å². The number of thioether (sulfide) groups is 1. The summed E-state index contributed by atoms with van der Waals surface area (Å²) in [6, 6.07) is 7.43. The Balaban J connectivity index is 1.50. The minimum absolute atomic E-state index is 0.000178. The standard InChI is InChI=1S/C22H29N3O2S/c1-15(2)25-21(27)18-9-5-6-10-19(18)23-22(25)28-14-20(26)24-12-11-16-7-3-4-8-17(16)13-24/h5-6,9-10,15-17H,3-4,7-8,11-14H2,1-2H3/t16-,17+/m0/s1. The molecule has 2 fully saturated rings. The van der Waals surface area contributed by atoms with E-state index < -0.39 is 0 Å². The zero-order valence-corrected chi connectivity index (χ0v) is 17.6. The summed E-state index contributed by atoms with van der Waals surface area (Å²) >= 11 is 1.40. The highest BCUT2D eigenvalue weighted by Crippen LogP contribution is 2.36. The number of nitrogens with zero attached hydrogens (tertiary/aromatic N) is 3. The lowest BCUT2D eigenvalue weighted by molar-refractivity contribution is -0.131. The van der Waals surface area contributed by atoms with E-state index in [1.165, 1.54) is 37.4 Å². The normalized spacial score (nSPS) is 22.5. The molecule has 2 atom stereocenters. The minimum atomic E-state index is -0.0291. The van der Waals surface area contributed by atoms with Gasteiger partial charge in [0.25, 0.3) is 5.56 Å². The van der Waals surface area contributed by atoms with Crippen molar-refractivity contribution < 1.29 is 4.79 Å². The highest BCUT2D eigenvalue weighted by Gasteiger charge is 2.32. The Hall–Kier alpha value is -1.82. The summed E-state index contributed by atoms with van der Waals surface area (Å²) in [5.41, 5.74) is 0.668. The molecule has 1 aliphatic carbocycles. The van der Waals surface area contributed by atoms with Crippen molar-refractivity contribution in [2.75, 3.05) is 18.8 Å². The lowest BCUT2D eigenvalue weighted by Gasteiger charge is -2.41. The molecule has 5 nitrogen and oxygen atoms in total. The van der Waals surface area contributed by atoms with Gasteiger partial charge in [0, 0.05) is 19.1 Å². The molecule has 28 heavy (non-hydrogen) atoms. The molecular formula is C22H29N3O2S. The molecule has 1 aromatic heterocycles. The molecule has 4 rings (SSSR count). The van der Waals surface area contributed by atoms with Gasteiger partial charge in [-0.05, 0) is 50.7 Å². The van der Waals surface area contributed by atoms with Crippen LogP contribution in [-0.4, -0.2) is 39.2 Å². The average Bonchev–Trinajstić information content (AvgIpc) is 2.71. The van der Waals surface area contributed by atoms with Gasteiger partial charge in [0.15, 0.2) is 5.16 Å². The van der Waals surface area contributed by atoms with Gasteiger partial charge in [-0.1, -0.05) is 43.2 Å². The van der Waals surface area contributed by atoms with Crippen molar-refractivity contribution in [1.82, 2.24) is 14.5 Å². The number of amides is 1. The highest BCUT2D eigenvalue weighted by molar-refractivity contribution is 7.99. The van der Waals surface area contributed by atoms with Gasteiger partial charge < -0.3 is 4.90 Å². The maximum absolute atomic E-state index is 12.9. The van der Waals surface area contributed by atoms with Crippen molar-refractivity contribution in [2.24, 2.45) is 11.8 Å². The number of fused-ring (bicyclic) bond motifs is 2. The number of aromatic nitrogens is 2. The first-order valence-corrected chi connectivity index (χ1v) is 11.4. The van der Waals surface area contributed by atoms with E-state index in [2.05, 4.69) is 0 Å². The fraction of sp³-hybridized carbons (Fsp3) is 0.591. The van der Waals surface area contributed by atoms with Crippen molar-refractivity contribution in [3.63, 3.8) is 0 Å². The third-order valence-electron chi connectivity index (χ3n) is 6.26. The predicted octanol–water partition coefficient (Wildman–Crippen LogP) is 4.11. The van der Waals surface area contributed by atoms with E-state index in [-0.39, 0.29) is 17.5 Å². The van der Waals surface area contributed by atoms with Crippen molar-refractivity contribution in [1.29, 1.82) is 0 Å². The molecule has 2 aliphatic rings. The number of piperidine rings is 1. The lowest BCUT2D eigenvalue weighted by Crippen LogP contribution is -2.45. The SMILES string of the molecule is CC(C)n1c(SCC(=O)N2CC[C@@H]3CCCC[C@@H]3C2)nc2ccccc2c1=O. The van der Waals surface area contributed by atoms with Crippen molar-refractivity contribution >= 4 is 28.6 Å². The van der Waals surface area contributed by atoms with Crippen LogP contribution in [0.15, 0.2) is 34.2 Å². The molecule has 2 aromatic rings. The summed E-state index contributed by atoms with van der Waals surface area (Å²) in [5.74, 6) is 2.02. The van der Waals surface area contributed by atoms with Crippen molar-refractivity contribution in [2.45, 2.75) is 57.1 Å². The van der Waals surface area contributed by atoms with Crippen LogP contribution in [0.1, 0.15) is 52.0 Å². The summed E-state index contributed by atoms with van der Waals surface area (Å²) in [7, 11) is 0. The molecule has 0 N–H and O–H groups in total. The average molecular weight is 400 g/mol. The van der Waals surface area contributed by atoms with Gasteiger partial charge in [0.05, 0.1) is 16.7 Å². The van der Waals surface area contributed by atoms with E-state index in [0.717, 1.165) is 25.4 Å². The van der Waals surface area contributed by atoms with Crippen LogP contribution in [0.25, 0.3) is 10.9 Å². The fourth-order valence-electron chi connectivity index (χ4n) is 4.73. The second kappa shape index (κ2) is 8.27. The van der Waals surface area contributed by atoms with E-state index in [0.29, 0.717) is 27.7 Å². The summed E-state index contributed by atoms with van der Waals surface area (Å²) in [6.45, 7) is 5.75. The van der Waals surface area contributed by atoms with Crippen LogP contribution in [0.2, 0.25) is 0 Å². The van der Waals surface area contributed by atoms with Gasteiger partial charge in [-0.3, -0.25) is 14.2 Å². The Kier molecular flexibility index (Phi) is 5.76. The van der Waals surface area contributed by atoms with Gasteiger partial charge in [0.1, 0.15) is 0 Å². The molecule has 0 radical (unpaired) electrons. The summed E-state index contributed by atoms with van der Waals surface area (Å²) in [4.78, 5) is 32.5. The Labute approximate surface area is 170 Å². The molecule has 1 aliphatic heterocycles. The molecule has 6 heteroatoms. The molecule has 0 spiro atoms. The van der Waals surface area contributed by atoms with Gasteiger partial charge >= 0.3 is 0 Å². The molecule has 2 heterocycles. The maximum atomic E-state index is 12.9. The zero-order valence-electron chi connectivity index (χ0n) is 16.8. The Morgan fingerprint density at radius 3 is 2.71 bits per heavy atom. The second-order valence-electron chi connectivity index (χ2n) is 8.40. The molecule has 150 valence electrons. The van der Waals surface area contributed by atoms with E-state index in [1.807, 2.05) is 43.0 Å². The number of para-hydroxylation sites is 1. The molecule has 1 amide bonds. The first-order valence-electron chi connectivity index (χ1n) is 10.5. The Morgan fingerprint density at radius 1 is 1.18 bits per heavy atom. The predicted molar refractivity (Wildman–Crippen MR) is 114 cm³/mol. The third-order valence-corrected chi connectivity index (χ3v) is 7.20. The number of rotatable bonds is 4. The Bertz CT molecular complexity index is 924. The van der Waals surface area contributed by atoms with Crippen LogP contribution in [-0.2, 0) is 4.79 Å². The number of benzene rings is 1. The number of hydrogen-bond acceptors (Lipinski definition) is 4. The topological polar surface area (TPSA) is 55.2 Å². The smallest absolute Gasteiger partial charge is 0.262 e. The van der Waals surface area contributed by atoms with Crippen molar-refractivity contribution in [3.8, 4) is 0 Å². The zero-order chi connectivity index (χ0) is 19.7. The lowest BCUT2D eigenvalue weighted by atomic mass is 9.75. The highest BCUT2D eigenvalue weighted by atomic mass is 32.2. The summed E-state index contributed by atoms with van der Waals surface area (Å²) in [5, 5.41) is 1.27. The monoisotopic (exact) mass is 399 g/mol. The first-order chi connectivity index (χ1) is 13.5. The van der Waals surface area contributed by atoms with Crippen molar-refractivity contribution in [3.05, 3.63) is 34.6 Å². The van der Waals surface area contributed by atoms with E-state index in [1.54, 1.807) is 4.57 Å². The summed E-state index contributed by atoms with van der Waals surface area (Å²) < 4.78 is 1.72. The molecule has 0 bridgehead atoms. The van der Waals surface area contributed by atoms with Crippen LogP contribution >= 0.6 is 11.8 Å².